The van der Waals surface area contributed by atoms with E-state index in [1.54, 1.807) is 38.4 Å². The number of Topliss-reactive ketones (excluding diaryl/α,β-unsaturated/α-hetero) is 1. The summed E-state index contributed by atoms with van der Waals surface area (Å²) in [5, 5.41) is 11.2. The number of nitrogens with one attached hydrogen (secondary N) is 1. The molecule has 0 bridgehead atoms. The molecule has 166 valence electrons. The third-order valence-electron chi connectivity index (χ3n) is 4.12. The fourth-order valence-corrected chi connectivity index (χ4v) is 3.89. The van der Waals surface area contributed by atoms with Gasteiger partial charge in [-0.25, -0.2) is 8.42 Å². The number of hydrogen-bond donors (Lipinski definition) is 1. The maximum absolute atomic E-state index is 12.4. The van der Waals surface area contributed by atoms with Crippen LogP contribution in [0.4, 0.5) is 11.4 Å². The second kappa shape index (κ2) is 10.4. The quantitative estimate of drug-likeness (QED) is 0.183. The molecule has 0 unspecified atom stereocenters. The van der Waals surface area contributed by atoms with Crippen molar-refractivity contribution in [2.45, 2.75) is 9.79 Å². The molecule has 0 saturated carbocycles. The van der Waals surface area contributed by atoms with Gasteiger partial charge in [0.25, 0.3) is 5.69 Å². The Morgan fingerprint density at radius 1 is 1.16 bits per heavy atom. The number of nitro benzene ring substituents is 1. The molecule has 0 heterocycles. The molecule has 0 atom stereocenters. The highest BCUT2D eigenvalue weighted by molar-refractivity contribution is 7.98. The molecule has 0 fully saturated rings. The summed E-state index contributed by atoms with van der Waals surface area (Å²) < 4.78 is 31.6. The number of thioether (sulfide) groups is 1. The summed E-state index contributed by atoms with van der Waals surface area (Å²) in [6, 6.07) is 10.1. The summed E-state index contributed by atoms with van der Waals surface area (Å²) in [5.74, 6) is -1.39. The van der Waals surface area contributed by atoms with Gasteiger partial charge in [0.1, 0.15) is 12.2 Å². The number of rotatable bonds is 10. The lowest BCUT2D eigenvalue weighted by Crippen LogP contribution is -2.31. The molecule has 2 aromatic rings. The molecule has 12 heteroatoms. The smallest absolute Gasteiger partial charge is 0.321 e. The molecule has 0 aliphatic carbocycles. The lowest BCUT2D eigenvalue weighted by Gasteiger charge is -2.13. The van der Waals surface area contributed by atoms with Crippen molar-refractivity contribution < 1.29 is 27.7 Å². The summed E-state index contributed by atoms with van der Waals surface area (Å²) in [7, 11) is -1.04. The summed E-state index contributed by atoms with van der Waals surface area (Å²) in [6.45, 7) is -1.27. The van der Waals surface area contributed by atoms with Gasteiger partial charge in [-0.05, 0) is 30.5 Å². The summed E-state index contributed by atoms with van der Waals surface area (Å²) in [5.41, 5.74) is 0.195. The van der Waals surface area contributed by atoms with Crippen molar-refractivity contribution >= 4 is 44.9 Å². The second-order valence-corrected chi connectivity index (χ2v) is 9.09. The maximum Gasteiger partial charge on any atom is 0.321 e. The number of ketones is 1. The Morgan fingerprint density at radius 2 is 1.81 bits per heavy atom. The average Bonchev–Trinajstić information content (AvgIpc) is 2.75. The molecule has 10 nitrogen and oxygen atoms in total. The van der Waals surface area contributed by atoms with E-state index in [0.29, 0.717) is 5.56 Å². The number of benzene rings is 2. The zero-order chi connectivity index (χ0) is 23.2. The highest BCUT2D eigenvalue weighted by Crippen LogP contribution is 2.29. The number of anilines is 1. The van der Waals surface area contributed by atoms with Crippen LogP contribution in [0.5, 0.6) is 0 Å². The van der Waals surface area contributed by atoms with Crippen LogP contribution in [0.2, 0.25) is 0 Å². The minimum Gasteiger partial charge on any atom is -0.456 e. The molecule has 0 aromatic heterocycles. The molecule has 0 radical (unpaired) electrons. The minimum absolute atomic E-state index is 0.229. The van der Waals surface area contributed by atoms with Gasteiger partial charge in [0.2, 0.25) is 10.0 Å². The Morgan fingerprint density at radius 3 is 2.35 bits per heavy atom. The second-order valence-electron chi connectivity index (χ2n) is 6.44. The first kappa shape index (κ1) is 24.3. The normalized spacial score (nSPS) is 11.1. The SMILES string of the molecule is CSc1ccc(C(=O)COC(=O)CNS(=O)(=O)c2ccc(N(C)C)c([N+](=O)[O-])c2)cc1. The topological polar surface area (TPSA) is 136 Å². The van der Waals surface area contributed by atoms with E-state index in [-0.39, 0.29) is 10.6 Å². The van der Waals surface area contributed by atoms with Crippen molar-refractivity contribution in [2.75, 3.05) is 38.4 Å². The maximum atomic E-state index is 12.4. The fraction of sp³-hybridized carbons (Fsp3) is 0.263. The molecular weight excluding hydrogens is 446 g/mol. The van der Waals surface area contributed by atoms with Gasteiger partial charge in [-0.3, -0.25) is 19.7 Å². The molecule has 0 aliphatic heterocycles. The molecule has 0 amide bonds. The van der Waals surface area contributed by atoms with Crippen LogP contribution in [-0.2, 0) is 19.6 Å². The third-order valence-corrected chi connectivity index (χ3v) is 6.26. The minimum atomic E-state index is -4.21. The number of hydrogen-bond acceptors (Lipinski definition) is 9. The van der Waals surface area contributed by atoms with Crippen LogP contribution in [0.25, 0.3) is 0 Å². The predicted molar refractivity (Wildman–Crippen MR) is 116 cm³/mol. The number of carbonyl (C=O) groups is 2. The van der Waals surface area contributed by atoms with Crippen LogP contribution < -0.4 is 9.62 Å². The van der Waals surface area contributed by atoms with E-state index >= 15 is 0 Å². The first-order valence-corrected chi connectivity index (χ1v) is 11.5. The van der Waals surface area contributed by atoms with Crippen molar-refractivity contribution in [3.05, 3.63) is 58.1 Å². The zero-order valence-corrected chi connectivity index (χ0v) is 18.7. The molecular formula is C19H21N3O7S2. The van der Waals surface area contributed by atoms with Crippen LogP contribution in [0, 0.1) is 10.1 Å². The van der Waals surface area contributed by atoms with Gasteiger partial charge >= 0.3 is 5.97 Å². The Kier molecular flexibility index (Phi) is 8.14. The van der Waals surface area contributed by atoms with E-state index in [1.165, 1.54) is 28.8 Å². The number of carbonyl (C=O) groups excluding carboxylic acids is 2. The Hall–Kier alpha value is -2.96. The number of nitro groups is 1. The monoisotopic (exact) mass is 467 g/mol. The third kappa shape index (κ3) is 6.51. The Labute approximate surface area is 183 Å². The van der Waals surface area contributed by atoms with E-state index in [0.717, 1.165) is 11.0 Å². The molecule has 0 spiro atoms. The Balaban J connectivity index is 1.98. The summed E-state index contributed by atoms with van der Waals surface area (Å²) in [6.07, 6.45) is 1.90. The molecule has 0 aliphatic rings. The van der Waals surface area contributed by atoms with E-state index in [1.807, 2.05) is 11.0 Å². The van der Waals surface area contributed by atoms with Gasteiger partial charge in [-0.2, -0.15) is 4.72 Å². The first-order valence-electron chi connectivity index (χ1n) is 8.83. The van der Waals surface area contributed by atoms with Gasteiger partial charge in [0.05, 0.1) is 9.82 Å². The number of nitrogens with zero attached hydrogens (tertiary/aromatic N) is 2. The molecule has 1 N–H and O–H groups in total. The van der Waals surface area contributed by atoms with Crippen LogP contribution >= 0.6 is 11.8 Å². The average molecular weight is 468 g/mol. The van der Waals surface area contributed by atoms with E-state index in [9.17, 15) is 28.1 Å². The van der Waals surface area contributed by atoms with Crippen LogP contribution in [0.15, 0.2) is 52.3 Å². The van der Waals surface area contributed by atoms with Crippen molar-refractivity contribution in [1.29, 1.82) is 0 Å². The van der Waals surface area contributed by atoms with E-state index in [2.05, 4.69) is 0 Å². The predicted octanol–water partition coefficient (Wildman–Crippen LogP) is 2.09. The lowest BCUT2D eigenvalue weighted by molar-refractivity contribution is -0.384. The van der Waals surface area contributed by atoms with Crippen molar-refractivity contribution in [1.82, 2.24) is 4.72 Å². The lowest BCUT2D eigenvalue weighted by atomic mass is 10.1. The fourth-order valence-electron chi connectivity index (χ4n) is 2.49. The van der Waals surface area contributed by atoms with Gasteiger partial charge in [-0.15, -0.1) is 11.8 Å². The number of esters is 1. The first-order chi connectivity index (χ1) is 14.5. The zero-order valence-electron chi connectivity index (χ0n) is 17.0. The van der Waals surface area contributed by atoms with Crippen LogP contribution in [0.1, 0.15) is 10.4 Å². The highest BCUT2D eigenvalue weighted by Gasteiger charge is 2.23. The molecule has 2 rings (SSSR count). The van der Waals surface area contributed by atoms with E-state index < -0.39 is 45.5 Å². The number of sulfonamides is 1. The van der Waals surface area contributed by atoms with Crippen molar-refractivity contribution in [2.24, 2.45) is 0 Å². The van der Waals surface area contributed by atoms with Crippen molar-refractivity contribution in [3.63, 3.8) is 0 Å². The van der Waals surface area contributed by atoms with Crippen LogP contribution in [0.3, 0.4) is 0 Å². The van der Waals surface area contributed by atoms with Crippen molar-refractivity contribution in [3.8, 4) is 0 Å². The highest BCUT2D eigenvalue weighted by atomic mass is 32.2. The van der Waals surface area contributed by atoms with Gasteiger partial charge < -0.3 is 9.64 Å². The number of ether oxygens (including phenoxy) is 1. The Bertz CT molecular complexity index is 1080. The standard InChI is InChI=1S/C19H21N3O7S2/c1-21(2)16-9-8-15(10-17(16)22(25)26)31(27,28)20-11-19(24)29-12-18(23)13-4-6-14(30-3)7-5-13/h4-10,20H,11-12H2,1-3H3. The summed E-state index contributed by atoms with van der Waals surface area (Å²) >= 11 is 1.52. The largest absolute Gasteiger partial charge is 0.456 e. The molecule has 0 saturated heterocycles. The van der Waals surface area contributed by atoms with Gasteiger partial charge in [0, 0.05) is 30.6 Å². The van der Waals surface area contributed by atoms with Gasteiger partial charge in [-0.1, -0.05) is 12.1 Å². The van der Waals surface area contributed by atoms with Gasteiger partial charge in [0.15, 0.2) is 12.4 Å². The molecule has 31 heavy (non-hydrogen) atoms. The molecule has 2 aromatic carbocycles. The van der Waals surface area contributed by atoms with E-state index in [4.69, 9.17) is 4.74 Å². The van der Waals surface area contributed by atoms with Crippen LogP contribution in [-0.4, -0.2) is 58.6 Å². The summed E-state index contributed by atoms with van der Waals surface area (Å²) in [4.78, 5) is 36.5.